The molecule has 1 saturated heterocycles. The summed E-state index contributed by atoms with van der Waals surface area (Å²) in [6.45, 7) is 1.31. The van der Waals surface area contributed by atoms with Gasteiger partial charge < -0.3 is 15.4 Å². The van der Waals surface area contributed by atoms with Crippen LogP contribution < -0.4 is 10.6 Å². The van der Waals surface area contributed by atoms with Gasteiger partial charge in [-0.2, -0.15) is 0 Å². The first-order valence-corrected chi connectivity index (χ1v) is 7.50. The molecule has 1 aliphatic carbocycles. The van der Waals surface area contributed by atoms with Crippen molar-refractivity contribution in [1.82, 2.24) is 0 Å². The highest BCUT2D eigenvalue weighted by Crippen LogP contribution is 2.32. The number of hydrogen-bond donors (Lipinski definition) is 1. The van der Waals surface area contributed by atoms with Crippen molar-refractivity contribution >= 4 is 11.6 Å². The standard InChI is InChI=1S/C16H22N2O2/c17-10-14-8-9-15(20-14)16(19)18(11-12-6-7-12)13-4-2-1-3-5-13/h1-5,12,14-15H,6-11,17H2/t14-,15+/m1/s1. The zero-order valence-corrected chi connectivity index (χ0v) is 11.7. The van der Waals surface area contributed by atoms with E-state index in [2.05, 4.69) is 0 Å². The van der Waals surface area contributed by atoms with Crippen LogP contribution in [-0.2, 0) is 9.53 Å². The average Bonchev–Trinajstić information content (AvgIpc) is 3.19. The highest BCUT2D eigenvalue weighted by Gasteiger charge is 2.35. The predicted molar refractivity (Wildman–Crippen MR) is 78.5 cm³/mol. The van der Waals surface area contributed by atoms with Gasteiger partial charge in [0.15, 0.2) is 0 Å². The fraction of sp³-hybridized carbons (Fsp3) is 0.562. The molecule has 3 rings (SSSR count). The number of hydrogen-bond acceptors (Lipinski definition) is 3. The number of amides is 1. The van der Waals surface area contributed by atoms with Gasteiger partial charge in [0, 0.05) is 18.8 Å². The maximum Gasteiger partial charge on any atom is 0.256 e. The Bertz CT molecular complexity index is 459. The molecule has 1 amide bonds. The summed E-state index contributed by atoms with van der Waals surface area (Å²) in [7, 11) is 0. The van der Waals surface area contributed by atoms with Gasteiger partial charge in [0.25, 0.3) is 5.91 Å². The van der Waals surface area contributed by atoms with Gasteiger partial charge in [0.2, 0.25) is 0 Å². The Morgan fingerprint density at radius 2 is 1.95 bits per heavy atom. The molecule has 108 valence electrons. The largest absolute Gasteiger partial charge is 0.364 e. The summed E-state index contributed by atoms with van der Waals surface area (Å²) in [5.74, 6) is 0.755. The Hall–Kier alpha value is -1.39. The highest BCUT2D eigenvalue weighted by molar-refractivity contribution is 5.96. The first kappa shape index (κ1) is 13.6. The molecule has 0 aromatic heterocycles. The third kappa shape index (κ3) is 3.02. The molecule has 4 nitrogen and oxygen atoms in total. The van der Waals surface area contributed by atoms with E-state index in [9.17, 15) is 4.79 Å². The summed E-state index contributed by atoms with van der Waals surface area (Å²) in [6, 6.07) is 9.91. The Morgan fingerprint density at radius 1 is 1.20 bits per heavy atom. The molecule has 4 heteroatoms. The molecule has 2 N–H and O–H groups in total. The van der Waals surface area contributed by atoms with Crippen LogP contribution in [0.3, 0.4) is 0 Å². The molecule has 1 aliphatic heterocycles. The Morgan fingerprint density at radius 3 is 2.55 bits per heavy atom. The van der Waals surface area contributed by atoms with E-state index in [4.69, 9.17) is 10.5 Å². The smallest absolute Gasteiger partial charge is 0.256 e. The average molecular weight is 274 g/mol. The number of para-hydroxylation sites is 1. The molecule has 1 aromatic carbocycles. The number of rotatable bonds is 5. The van der Waals surface area contributed by atoms with Crippen molar-refractivity contribution in [1.29, 1.82) is 0 Å². The van der Waals surface area contributed by atoms with Crippen LogP contribution in [0.2, 0.25) is 0 Å². The first-order valence-electron chi connectivity index (χ1n) is 7.50. The first-order chi connectivity index (χ1) is 9.78. The van der Waals surface area contributed by atoms with Gasteiger partial charge >= 0.3 is 0 Å². The summed E-state index contributed by atoms with van der Waals surface area (Å²) in [5, 5.41) is 0. The summed E-state index contributed by atoms with van der Waals surface area (Å²) in [5.41, 5.74) is 6.60. The van der Waals surface area contributed by atoms with E-state index in [1.165, 1.54) is 12.8 Å². The molecule has 20 heavy (non-hydrogen) atoms. The Labute approximate surface area is 119 Å². The monoisotopic (exact) mass is 274 g/mol. The predicted octanol–water partition coefficient (Wildman–Crippen LogP) is 1.94. The molecule has 0 spiro atoms. The fourth-order valence-electron chi connectivity index (χ4n) is 2.72. The number of ether oxygens (including phenoxy) is 1. The van der Waals surface area contributed by atoms with Gasteiger partial charge in [-0.15, -0.1) is 0 Å². The Balaban J connectivity index is 1.73. The van der Waals surface area contributed by atoms with Crippen LogP contribution in [0.15, 0.2) is 30.3 Å². The van der Waals surface area contributed by atoms with Crippen molar-refractivity contribution in [2.45, 2.75) is 37.9 Å². The van der Waals surface area contributed by atoms with Crippen LogP contribution in [0.5, 0.6) is 0 Å². The Kier molecular flexibility index (Phi) is 4.03. The quantitative estimate of drug-likeness (QED) is 0.892. The lowest BCUT2D eigenvalue weighted by Crippen LogP contribution is -2.41. The number of carbonyl (C=O) groups excluding carboxylic acids is 1. The van der Waals surface area contributed by atoms with Gasteiger partial charge in [-0.25, -0.2) is 0 Å². The maximum absolute atomic E-state index is 12.7. The zero-order chi connectivity index (χ0) is 13.9. The van der Waals surface area contributed by atoms with E-state index in [1.54, 1.807) is 0 Å². The van der Waals surface area contributed by atoms with E-state index < -0.39 is 0 Å². The van der Waals surface area contributed by atoms with Gasteiger partial charge in [-0.3, -0.25) is 4.79 Å². The number of nitrogens with zero attached hydrogens (tertiary/aromatic N) is 1. The summed E-state index contributed by atoms with van der Waals surface area (Å²) < 4.78 is 5.76. The fourth-order valence-corrected chi connectivity index (χ4v) is 2.72. The summed E-state index contributed by atoms with van der Waals surface area (Å²) in [6.07, 6.45) is 3.86. The van der Waals surface area contributed by atoms with Crippen LogP contribution in [0.25, 0.3) is 0 Å². The molecule has 2 atom stereocenters. The molecule has 0 radical (unpaired) electrons. The van der Waals surface area contributed by atoms with Crippen molar-refractivity contribution in [3.05, 3.63) is 30.3 Å². The third-order valence-corrected chi connectivity index (χ3v) is 4.12. The van der Waals surface area contributed by atoms with Gasteiger partial charge in [0.1, 0.15) is 6.10 Å². The number of anilines is 1. The molecule has 1 aromatic rings. The van der Waals surface area contributed by atoms with Gasteiger partial charge in [-0.05, 0) is 43.7 Å². The topological polar surface area (TPSA) is 55.6 Å². The van der Waals surface area contributed by atoms with E-state index >= 15 is 0 Å². The van der Waals surface area contributed by atoms with Crippen molar-refractivity contribution in [3.8, 4) is 0 Å². The SMILES string of the molecule is NC[C@H]1CC[C@@H](C(=O)N(CC2CC2)c2ccccc2)O1. The molecule has 0 unspecified atom stereocenters. The van der Waals surface area contributed by atoms with E-state index in [-0.39, 0.29) is 18.1 Å². The molecule has 1 saturated carbocycles. The van der Waals surface area contributed by atoms with E-state index in [1.807, 2.05) is 35.2 Å². The van der Waals surface area contributed by atoms with E-state index in [0.29, 0.717) is 12.5 Å². The number of carbonyl (C=O) groups is 1. The summed E-state index contributed by atoms with van der Waals surface area (Å²) in [4.78, 5) is 14.6. The number of benzene rings is 1. The van der Waals surface area contributed by atoms with E-state index in [0.717, 1.165) is 25.1 Å². The summed E-state index contributed by atoms with van der Waals surface area (Å²) >= 11 is 0. The molecule has 2 fully saturated rings. The molecular formula is C16H22N2O2. The van der Waals surface area contributed by atoms with Gasteiger partial charge in [-0.1, -0.05) is 18.2 Å². The highest BCUT2D eigenvalue weighted by atomic mass is 16.5. The van der Waals surface area contributed by atoms with Crippen LogP contribution in [-0.4, -0.2) is 31.2 Å². The van der Waals surface area contributed by atoms with Crippen molar-refractivity contribution in [2.75, 3.05) is 18.0 Å². The second-order valence-electron chi connectivity index (χ2n) is 5.79. The normalized spacial score (nSPS) is 25.6. The molecule has 2 aliphatic rings. The molecular weight excluding hydrogens is 252 g/mol. The van der Waals surface area contributed by atoms with Crippen LogP contribution in [0.4, 0.5) is 5.69 Å². The van der Waals surface area contributed by atoms with Crippen LogP contribution in [0, 0.1) is 5.92 Å². The maximum atomic E-state index is 12.7. The second-order valence-corrected chi connectivity index (χ2v) is 5.79. The second kappa shape index (κ2) is 5.94. The van der Waals surface area contributed by atoms with Crippen molar-refractivity contribution in [2.24, 2.45) is 11.7 Å². The van der Waals surface area contributed by atoms with Crippen LogP contribution in [0.1, 0.15) is 25.7 Å². The number of nitrogens with two attached hydrogens (primary N) is 1. The molecule has 1 heterocycles. The lowest BCUT2D eigenvalue weighted by molar-refractivity contribution is -0.129. The minimum atomic E-state index is -0.317. The minimum Gasteiger partial charge on any atom is -0.364 e. The lowest BCUT2D eigenvalue weighted by Gasteiger charge is -2.26. The lowest BCUT2D eigenvalue weighted by atomic mass is 10.1. The van der Waals surface area contributed by atoms with Crippen molar-refractivity contribution < 1.29 is 9.53 Å². The molecule has 0 bridgehead atoms. The zero-order valence-electron chi connectivity index (χ0n) is 11.7. The van der Waals surface area contributed by atoms with Crippen molar-refractivity contribution in [3.63, 3.8) is 0 Å². The van der Waals surface area contributed by atoms with Crippen LogP contribution >= 0.6 is 0 Å². The van der Waals surface area contributed by atoms with Gasteiger partial charge in [0.05, 0.1) is 6.10 Å². The minimum absolute atomic E-state index is 0.0440. The third-order valence-electron chi connectivity index (χ3n) is 4.12.